The Kier molecular flexibility index (Phi) is 7.52. The quantitative estimate of drug-likeness (QED) is 0.804. The zero-order valence-corrected chi connectivity index (χ0v) is 15.1. The molecule has 2 N–H and O–H groups in total. The number of carbonyl (C=O) groups is 2. The third kappa shape index (κ3) is 5.34. The van der Waals surface area contributed by atoms with E-state index in [-0.39, 0.29) is 24.4 Å². The van der Waals surface area contributed by atoms with Crippen molar-refractivity contribution < 1.29 is 14.3 Å². The molecule has 2 aliphatic heterocycles. The van der Waals surface area contributed by atoms with Gasteiger partial charge in [-0.1, -0.05) is 18.2 Å². The maximum atomic E-state index is 12.5. The standard InChI is InChI=1S/C18H25N3O3.ClH/c22-17(20-8-10-21-9-3-11-24-18(21)23)16-5-2-1-4-15(16)12-14-6-7-19-13-14;/h1-2,4-5,14,19H,3,6-13H2,(H,20,22);1H. The first-order valence-corrected chi connectivity index (χ1v) is 8.72. The molecular weight excluding hydrogens is 342 g/mol. The number of amides is 2. The van der Waals surface area contributed by atoms with Crippen molar-refractivity contribution >= 4 is 24.4 Å². The fraction of sp³-hybridized carbons (Fsp3) is 0.556. The molecule has 0 radical (unpaired) electrons. The van der Waals surface area contributed by atoms with E-state index in [1.54, 1.807) is 4.90 Å². The lowest BCUT2D eigenvalue weighted by atomic mass is 9.94. The van der Waals surface area contributed by atoms with E-state index in [2.05, 4.69) is 10.6 Å². The highest BCUT2D eigenvalue weighted by Gasteiger charge is 2.20. The maximum absolute atomic E-state index is 12.5. The normalized spacial score (nSPS) is 19.9. The van der Waals surface area contributed by atoms with E-state index >= 15 is 0 Å². The Balaban J connectivity index is 0.00000225. The average Bonchev–Trinajstić information content (AvgIpc) is 3.10. The first-order chi connectivity index (χ1) is 11.7. The van der Waals surface area contributed by atoms with Crippen LogP contribution in [0.25, 0.3) is 0 Å². The average molecular weight is 368 g/mol. The summed E-state index contributed by atoms with van der Waals surface area (Å²) >= 11 is 0. The van der Waals surface area contributed by atoms with E-state index in [0.29, 0.717) is 32.2 Å². The van der Waals surface area contributed by atoms with Crippen molar-refractivity contribution in [2.75, 3.05) is 39.3 Å². The molecule has 0 spiro atoms. The number of rotatable bonds is 6. The molecule has 2 fully saturated rings. The van der Waals surface area contributed by atoms with Crippen LogP contribution >= 0.6 is 12.4 Å². The zero-order chi connectivity index (χ0) is 16.8. The van der Waals surface area contributed by atoms with Crippen LogP contribution in [-0.4, -0.2) is 56.2 Å². The smallest absolute Gasteiger partial charge is 0.409 e. The summed E-state index contributed by atoms with van der Waals surface area (Å²) in [5.41, 5.74) is 1.84. The Morgan fingerprint density at radius 1 is 1.36 bits per heavy atom. The number of nitrogens with one attached hydrogen (secondary N) is 2. The van der Waals surface area contributed by atoms with E-state index in [9.17, 15) is 9.59 Å². The van der Waals surface area contributed by atoms with Gasteiger partial charge in [0.1, 0.15) is 0 Å². The van der Waals surface area contributed by atoms with Gasteiger partial charge in [-0.15, -0.1) is 12.4 Å². The molecular formula is C18H26ClN3O3. The number of carbonyl (C=O) groups excluding carboxylic acids is 2. The molecule has 0 bridgehead atoms. The van der Waals surface area contributed by atoms with E-state index in [1.807, 2.05) is 24.3 Å². The first kappa shape index (κ1) is 19.5. The Morgan fingerprint density at radius 3 is 2.96 bits per heavy atom. The highest BCUT2D eigenvalue weighted by Crippen LogP contribution is 2.18. The summed E-state index contributed by atoms with van der Waals surface area (Å²) in [7, 11) is 0. The van der Waals surface area contributed by atoms with Crippen LogP contribution in [0.15, 0.2) is 24.3 Å². The maximum Gasteiger partial charge on any atom is 0.409 e. The molecule has 1 aromatic rings. The van der Waals surface area contributed by atoms with Crippen LogP contribution in [0.1, 0.15) is 28.8 Å². The van der Waals surface area contributed by atoms with Crippen molar-refractivity contribution in [1.29, 1.82) is 0 Å². The van der Waals surface area contributed by atoms with Crippen molar-refractivity contribution in [2.45, 2.75) is 19.3 Å². The lowest BCUT2D eigenvalue weighted by Crippen LogP contribution is -2.42. The zero-order valence-electron chi connectivity index (χ0n) is 14.3. The minimum atomic E-state index is -0.287. The van der Waals surface area contributed by atoms with Gasteiger partial charge in [-0.05, 0) is 49.9 Å². The number of hydrogen-bond acceptors (Lipinski definition) is 4. The lowest BCUT2D eigenvalue weighted by molar-refractivity contribution is 0.0719. The molecule has 2 saturated heterocycles. The third-order valence-corrected chi connectivity index (χ3v) is 4.66. The van der Waals surface area contributed by atoms with Gasteiger partial charge >= 0.3 is 6.09 Å². The van der Waals surface area contributed by atoms with E-state index < -0.39 is 0 Å². The predicted octanol–water partition coefficient (Wildman–Crippen LogP) is 1.83. The van der Waals surface area contributed by atoms with Crippen molar-refractivity contribution in [3.8, 4) is 0 Å². The van der Waals surface area contributed by atoms with Crippen LogP contribution in [0.5, 0.6) is 0 Å². The van der Waals surface area contributed by atoms with Crippen LogP contribution in [0.2, 0.25) is 0 Å². The third-order valence-electron chi connectivity index (χ3n) is 4.66. The molecule has 138 valence electrons. The summed E-state index contributed by atoms with van der Waals surface area (Å²) < 4.78 is 4.99. The van der Waals surface area contributed by atoms with Crippen LogP contribution in [0.3, 0.4) is 0 Å². The van der Waals surface area contributed by atoms with E-state index in [1.165, 1.54) is 0 Å². The molecule has 1 unspecified atom stereocenters. The highest BCUT2D eigenvalue weighted by atomic mass is 35.5. The second kappa shape index (κ2) is 9.63. The molecule has 2 amide bonds. The van der Waals surface area contributed by atoms with Crippen molar-refractivity contribution in [2.24, 2.45) is 5.92 Å². The summed E-state index contributed by atoms with van der Waals surface area (Å²) in [6.07, 6.45) is 2.64. The Labute approximate surface area is 154 Å². The highest BCUT2D eigenvalue weighted by molar-refractivity contribution is 5.95. The second-order valence-electron chi connectivity index (χ2n) is 6.43. The number of halogens is 1. The SMILES string of the molecule is Cl.O=C(NCCN1CCCOC1=O)c1ccccc1CC1CCNC1. The van der Waals surface area contributed by atoms with Crippen molar-refractivity contribution in [3.05, 3.63) is 35.4 Å². The molecule has 1 aromatic carbocycles. The Hall–Kier alpha value is -1.79. The lowest BCUT2D eigenvalue weighted by Gasteiger charge is -2.26. The largest absolute Gasteiger partial charge is 0.449 e. The minimum absolute atomic E-state index is 0. The van der Waals surface area contributed by atoms with Gasteiger partial charge in [0.25, 0.3) is 5.91 Å². The van der Waals surface area contributed by atoms with Gasteiger partial charge in [0.2, 0.25) is 0 Å². The summed E-state index contributed by atoms with van der Waals surface area (Å²) in [4.78, 5) is 25.7. The van der Waals surface area contributed by atoms with Gasteiger partial charge in [-0.2, -0.15) is 0 Å². The molecule has 0 aliphatic carbocycles. The van der Waals surface area contributed by atoms with Crippen LogP contribution in [0, 0.1) is 5.92 Å². The topological polar surface area (TPSA) is 70.7 Å². The monoisotopic (exact) mass is 367 g/mol. The van der Waals surface area contributed by atoms with Gasteiger partial charge in [-0.25, -0.2) is 4.79 Å². The van der Waals surface area contributed by atoms with Gasteiger partial charge in [-0.3, -0.25) is 4.79 Å². The van der Waals surface area contributed by atoms with Crippen molar-refractivity contribution in [3.63, 3.8) is 0 Å². The Morgan fingerprint density at radius 2 is 2.20 bits per heavy atom. The molecule has 0 saturated carbocycles. The molecule has 3 rings (SSSR count). The summed E-state index contributed by atoms with van der Waals surface area (Å²) in [6, 6.07) is 7.79. The molecule has 2 heterocycles. The van der Waals surface area contributed by atoms with Gasteiger partial charge in [0.05, 0.1) is 6.61 Å². The molecule has 6 nitrogen and oxygen atoms in total. The van der Waals surface area contributed by atoms with Crippen LogP contribution in [-0.2, 0) is 11.2 Å². The molecule has 1 atom stereocenters. The van der Waals surface area contributed by atoms with Crippen LogP contribution < -0.4 is 10.6 Å². The molecule has 25 heavy (non-hydrogen) atoms. The first-order valence-electron chi connectivity index (χ1n) is 8.72. The second-order valence-corrected chi connectivity index (χ2v) is 6.43. The fourth-order valence-electron chi connectivity index (χ4n) is 3.32. The number of benzene rings is 1. The van der Waals surface area contributed by atoms with Gasteiger partial charge in [0.15, 0.2) is 0 Å². The minimum Gasteiger partial charge on any atom is -0.449 e. The number of nitrogens with zero attached hydrogens (tertiary/aromatic N) is 1. The van der Waals surface area contributed by atoms with E-state index in [0.717, 1.165) is 43.5 Å². The summed E-state index contributed by atoms with van der Waals surface area (Å²) in [5.74, 6) is 0.531. The van der Waals surface area contributed by atoms with Gasteiger partial charge < -0.3 is 20.3 Å². The number of hydrogen-bond donors (Lipinski definition) is 2. The number of ether oxygens (including phenoxy) is 1. The molecule has 7 heteroatoms. The fourth-order valence-corrected chi connectivity index (χ4v) is 3.32. The molecule has 0 aromatic heterocycles. The number of cyclic esters (lactones) is 1. The van der Waals surface area contributed by atoms with Crippen LogP contribution in [0.4, 0.5) is 4.79 Å². The summed E-state index contributed by atoms with van der Waals surface area (Å²) in [6.45, 7) is 4.19. The van der Waals surface area contributed by atoms with Crippen molar-refractivity contribution in [1.82, 2.24) is 15.5 Å². The summed E-state index contributed by atoms with van der Waals surface area (Å²) in [5, 5.41) is 6.29. The van der Waals surface area contributed by atoms with E-state index in [4.69, 9.17) is 4.74 Å². The Bertz CT molecular complexity index is 591. The van der Waals surface area contributed by atoms with Gasteiger partial charge in [0, 0.05) is 25.2 Å². The predicted molar refractivity (Wildman–Crippen MR) is 98.2 cm³/mol. The molecule has 2 aliphatic rings.